The molecule has 3 nitrogen and oxygen atoms in total. The second-order valence-electron chi connectivity index (χ2n) is 3.11. The highest BCUT2D eigenvalue weighted by molar-refractivity contribution is 9.09. The zero-order chi connectivity index (χ0) is 11.8. The lowest BCUT2D eigenvalue weighted by atomic mass is 10.3. The second kappa shape index (κ2) is 7.06. The number of amides is 1. The van der Waals surface area contributed by atoms with E-state index >= 15 is 0 Å². The molecule has 0 fully saturated rings. The third-order valence-electron chi connectivity index (χ3n) is 1.79. The van der Waals surface area contributed by atoms with Crippen molar-refractivity contribution >= 4 is 27.5 Å². The lowest BCUT2D eigenvalue weighted by molar-refractivity contribution is -0.114. The number of halogens is 1. The number of allylic oxidation sites excluding steroid dienone is 1. The van der Waals surface area contributed by atoms with Gasteiger partial charge in [0.15, 0.2) is 0 Å². The van der Waals surface area contributed by atoms with Gasteiger partial charge in [0.2, 0.25) is 5.91 Å². The van der Waals surface area contributed by atoms with Gasteiger partial charge in [-0.05, 0) is 12.1 Å². The third-order valence-corrected chi connectivity index (χ3v) is 2.16. The smallest absolute Gasteiger partial charge is 0.221 e. The molecule has 0 spiro atoms. The van der Waals surface area contributed by atoms with E-state index in [1.165, 1.54) is 6.92 Å². The number of carbonyl (C=O) groups excluding carboxylic acids is 1. The molecule has 0 aliphatic heterocycles. The van der Waals surface area contributed by atoms with E-state index in [1.54, 1.807) is 0 Å². The van der Waals surface area contributed by atoms with Crippen molar-refractivity contribution in [1.82, 2.24) is 0 Å². The highest BCUT2D eigenvalue weighted by atomic mass is 79.9. The average molecular weight is 284 g/mol. The SMILES string of the molecule is CC(=O)Nc1ccccc1OC/C=C/CBr. The van der Waals surface area contributed by atoms with Crippen LogP contribution in [-0.2, 0) is 4.79 Å². The molecule has 0 bridgehead atoms. The number of alkyl halides is 1. The quantitative estimate of drug-likeness (QED) is 0.667. The number of benzene rings is 1. The molecule has 16 heavy (non-hydrogen) atoms. The standard InChI is InChI=1S/C12H14BrNO2/c1-10(15)14-11-6-2-3-7-12(11)16-9-5-4-8-13/h2-7H,8-9H2,1H3,(H,14,15)/b5-4+. The molecule has 0 unspecified atom stereocenters. The summed E-state index contributed by atoms with van der Waals surface area (Å²) in [5.74, 6) is 0.573. The molecule has 0 radical (unpaired) electrons. The highest BCUT2D eigenvalue weighted by Crippen LogP contribution is 2.23. The number of nitrogens with one attached hydrogen (secondary N) is 1. The number of carbonyl (C=O) groups is 1. The first kappa shape index (κ1) is 12.8. The Hall–Kier alpha value is -1.29. The summed E-state index contributed by atoms with van der Waals surface area (Å²) in [4.78, 5) is 11.0. The fourth-order valence-electron chi connectivity index (χ4n) is 1.15. The van der Waals surface area contributed by atoms with Gasteiger partial charge < -0.3 is 10.1 Å². The van der Waals surface area contributed by atoms with E-state index in [-0.39, 0.29) is 5.91 Å². The Kier molecular flexibility index (Phi) is 5.64. The van der Waals surface area contributed by atoms with Crippen molar-refractivity contribution in [2.75, 3.05) is 17.3 Å². The fraction of sp³-hybridized carbons (Fsp3) is 0.250. The summed E-state index contributed by atoms with van der Waals surface area (Å²) in [5.41, 5.74) is 0.697. The van der Waals surface area contributed by atoms with Gasteiger partial charge >= 0.3 is 0 Å². The largest absolute Gasteiger partial charge is 0.487 e. The van der Waals surface area contributed by atoms with Gasteiger partial charge in [-0.1, -0.05) is 40.2 Å². The van der Waals surface area contributed by atoms with Crippen molar-refractivity contribution in [3.8, 4) is 5.75 Å². The Labute approximate surface area is 104 Å². The van der Waals surface area contributed by atoms with E-state index in [0.29, 0.717) is 18.0 Å². The molecule has 0 aliphatic rings. The molecule has 0 saturated heterocycles. The molecule has 4 heteroatoms. The molecule has 1 aromatic carbocycles. The van der Waals surface area contributed by atoms with Crippen LogP contribution in [0.25, 0.3) is 0 Å². The molecule has 0 aromatic heterocycles. The normalized spacial score (nSPS) is 10.4. The van der Waals surface area contributed by atoms with Crippen LogP contribution >= 0.6 is 15.9 Å². The number of para-hydroxylation sites is 2. The first-order valence-electron chi connectivity index (χ1n) is 4.94. The second-order valence-corrected chi connectivity index (χ2v) is 3.76. The first-order chi connectivity index (χ1) is 7.74. The van der Waals surface area contributed by atoms with Crippen LogP contribution in [0, 0.1) is 0 Å². The van der Waals surface area contributed by atoms with E-state index in [2.05, 4.69) is 21.2 Å². The number of ether oxygens (including phenoxy) is 1. The van der Waals surface area contributed by atoms with E-state index < -0.39 is 0 Å². The van der Waals surface area contributed by atoms with Gasteiger partial charge in [-0.25, -0.2) is 0 Å². The van der Waals surface area contributed by atoms with Crippen molar-refractivity contribution in [2.24, 2.45) is 0 Å². The molecule has 1 amide bonds. The average Bonchev–Trinajstić information content (AvgIpc) is 2.26. The van der Waals surface area contributed by atoms with Crippen molar-refractivity contribution in [3.05, 3.63) is 36.4 Å². The Balaban J connectivity index is 2.63. The van der Waals surface area contributed by atoms with Crippen LogP contribution in [0.3, 0.4) is 0 Å². The van der Waals surface area contributed by atoms with Crippen molar-refractivity contribution in [2.45, 2.75) is 6.92 Å². The lowest BCUT2D eigenvalue weighted by Gasteiger charge is -2.09. The van der Waals surface area contributed by atoms with Crippen LogP contribution in [-0.4, -0.2) is 17.8 Å². The van der Waals surface area contributed by atoms with Crippen LogP contribution in [0.15, 0.2) is 36.4 Å². The number of hydrogen-bond donors (Lipinski definition) is 1. The van der Waals surface area contributed by atoms with Gasteiger partial charge in [0.05, 0.1) is 5.69 Å². The highest BCUT2D eigenvalue weighted by Gasteiger charge is 2.02. The number of hydrogen-bond acceptors (Lipinski definition) is 2. The molecular formula is C12H14BrNO2. The first-order valence-corrected chi connectivity index (χ1v) is 6.06. The molecule has 0 aliphatic carbocycles. The van der Waals surface area contributed by atoms with Crippen molar-refractivity contribution < 1.29 is 9.53 Å². The van der Waals surface area contributed by atoms with Gasteiger partial charge in [-0.15, -0.1) is 0 Å². The lowest BCUT2D eigenvalue weighted by Crippen LogP contribution is -2.07. The molecular weight excluding hydrogens is 270 g/mol. The Morgan fingerprint density at radius 2 is 2.19 bits per heavy atom. The molecule has 1 aromatic rings. The van der Waals surface area contributed by atoms with Crippen LogP contribution in [0.2, 0.25) is 0 Å². The van der Waals surface area contributed by atoms with Gasteiger partial charge in [0, 0.05) is 12.3 Å². The van der Waals surface area contributed by atoms with Gasteiger partial charge in [-0.3, -0.25) is 4.79 Å². The predicted octanol–water partition coefficient (Wildman–Crippen LogP) is 2.97. The molecule has 0 saturated carbocycles. The predicted molar refractivity (Wildman–Crippen MR) is 69.2 cm³/mol. The summed E-state index contributed by atoms with van der Waals surface area (Å²) in [6.45, 7) is 1.96. The van der Waals surface area contributed by atoms with E-state index in [9.17, 15) is 4.79 Å². The maximum Gasteiger partial charge on any atom is 0.221 e. The number of rotatable bonds is 5. The molecule has 86 valence electrons. The minimum Gasteiger partial charge on any atom is -0.487 e. The Morgan fingerprint density at radius 3 is 2.88 bits per heavy atom. The van der Waals surface area contributed by atoms with Crippen molar-refractivity contribution in [3.63, 3.8) is 0 Å². The van der Waals surface area contributed by atoms with E-state index in [0.717, 1.165) is 5.33 Å². The molecule has 0 atom stereocenters. The molecule has 1 rings (SSSR count). The summed E-state index contributed by atoms with van der Waals surface area (Å²) in [6.07, 6.45) is 3.88. The van der Waals surface area contributed by atoms with Gasteiger partial charge in [-0.2, -0.15) is 0 Å². The third kappa shape index (κ3) is 4.49. The van der Waals surface area contributed by atoms with E-state index in [4.69, 9.17) is 4.74 Å². The van der Waals surface area contributed by atoms with Gasteiger partial charge in [0.1, 0.15) is 12.4 Å². The minimum absolute atomic E-state index is 0.105. The van der Waals surface area contributed by atoms with E-state index in [1.807, 2.05) is 36.4 Å². The van der Waals surface area contributed by atoms with Crippen LogP contribution in [0.5, 0.6) is 5.75 Å². The zero-order valence-corrected chi connectivity index (χ0v) is 10.7. The summed E-state index contributed by atoms with van der Waals surface area (Å²) in [7, 11) is 0. The van der Waals surface area contributed by atoms with Gasteiger partial charge in [0.25, 0.3) is 0 Å². The fourth-order valence-corrected chi connectivity index (χ4v) is 1.42. The Morgan fingerprint density at radius 1 is 1.44 bits per heavy atom. The summed E-state index contributed by atoms with van der Waals surface area (Å²) in [6, 6.07) is 7.36. The summed E-state index contributed by atoms with van der Waals surface area (Å²) >= 11 is 3.28. The number of anilines is 1. The monoisotopic (exact) mass is 283 g/mol. The Bertz CT molecular complexity index is 377. The van der Waals surface area contributed by atoms with Crippen LogP contribution in [0.4, 0.5) is 5.69 Å². The summed E-state index contributed by atoms with van der Waals surface area (Å²) < 4.78 is 5.52. The zero-order valence-electron chi connectivity index (χ0n) is 9.07. The van der Waals surface area contributed by atoms with Crippen LogP contribution < -0.4 is 10.1 Å². The molecule has 0 heterocycles. The van der Waals surface area contributed by atoms with Crippen molar-refractivity contribution in [1.29, 1.82) is 0 Å². The maximum atomic E-state index is 11.0. The maximum absolute atomic E-state index is 11.0. The van der Waals surface area contributed by atoms with Crippen LogP contribution in [0.1, 0.15) is 6.92 Å². The minimum atomic E-state index is -0.105. The molecule has 1 N–H and O–H groups in total. The summed E-state index contributed by atoms with van der Waals surface area (Å²) in [5, 5.41) is 3.53. The topological polar surface area (TPSA) is 38.3 Å².